The van der Waals surface area contributed by atoms with Gasteiger partial charge < -0.3 is 9.88 Å². The van der Waals surface area contributed by atoms with Gasteiger partial charge in [0.15, 0.2) is 5.65 Å². The molecule has 1 aliphatic rings. The van der Waals surface area contributed by atoms with E-state index in [4.69, 9.17) is 9.97 Å². The van der Waals surface area contributed by atoms with Gasteiger partial charge in [-0.05, 0) is 66.5 Å². The van der Waals surface area contributed by atoms with E-state index in [0.29, 0.717) is 0 Å². The number of nitrogens with zero attached hydrogens (tertiary/aromatic N) is 4. The topological polar surface area (TPSA) is 85.9 Å². The number of benzene rings is 3. The summed E-state index contributed by atoms with van der Waals surface area (Å²) >= 11 is 0. The average Bonchev–Trinajstić information content (AvgIpc) is 3.29. The first-order valence-electron chi connectivity index (χ1n) is 11.5. The number of non-ortho nitro benzene ring substituents is 1. The minimum Gasteiger partial charge on any atom is -0.317 e. The lowest BCUT2D eigenvalue weighted by molar-refractivity contribution is -0.384. The van der Waals surface area contributed by atoms with Gasteiger partial charge in [-0.3, -0.25) is 10.1 Å². The molecule has 0 bridgehead atoms. The number of fused-ring (bicyclic) bond motifs is 2. The number of hydrogen-bond donors (Lipinski definition) is 1. The first-order chi connectivity index (χ1) is 16.7. The molecule has 1 saturated heterocycles. The van der Waals surface area contributed by atoms with Crippen molar-refractivity contribution in [3.05, 3.63) is 89.1 Å². The smallest absolute Gasteiger partial charge is 0.269 e. The maximum Gasteiger partial charge on any atom is 0.269 e. The van der Waals surface area contributed by atoms with Crippen molar-refractivity contribution in [3.63, 3.8) is 0 Å². The van der Waals surface area contributed by atoms with Crippen molar-refractivity contribution in [2.24, 2.45) is 0 Å². The summed E-state index contributed by atoms with van der Waals surface area (Å²) in [6.45, 7) is 1.88. The third-order valence-electron chi connectivity index (χ3n) is 6.65. The highest BCUT2D eigenvalue weighted by Gasteiger charge is 2.24. The Labute approximate surface area is 196 Å². The van der Waals surface area contributed by atoms with Gasteiger partial charge in [0.2, 0.25) is 0 Å². The van der Waals surface area contributed by atoms with Crippen LogP contribution in [0.1, 0.15) is 18.9 Å². The number of imidazole rings is 1. The van der Waals surface area contributed by atoms with Gasteiger partial charge in [-0.15, -0.1) is 0 Å². The van der Waals surface area contributed by atoms with Crippen LogP contribution < -0.4 is 5.32 Å². The zero-order valence-electron chi connectivity index (χ0n) is 18.5. The fraction of sp³-hybridized carbons (Fsp3) is 0.185. The summed E-state index contributed by atoms with van der Waals surface area (Å²) in [5, 5.41) is 17.0. The summed E-state index contributed by atoms with van der Waals surface area (Å²) < 4.78 is 2.24. The van der Waals surface area contributed by atoms with Gasteiger partial charge in [-0.25, -0.2) is 9.97 Å². The average molecular weight is 450 g/mol. The van der Waals surface area contributed by atoms with Crippen molar-refractivity contribution < 1.29 is 4.92 Å². The van der Waals surface area contributed by atoms with Crippen LogP contribution in [0.3, 0.4) is 0 Å². The molecule has 3 aromatic carbocycles. The quantitative estimate of drug-likeness (QED) is 0.279. The highest BCUT2D eigenvalue weighted by Crippen LogP contribution is 2.36. The van der Waals surface area contributed by atoms with Crippen LogP contribution in [0.4, 0.5) is 5.69 Å². The Bertz CT molecular complexity index is 1520. The number of aromatic nitrogens is 3. The molecular formula is C27H23N5O2. The SMILES string of the molecule is O=[N+]([O-])c1ccc(-c2nc3c(-c4ccc5ccccc5c4)ccnc3n2C2CCNCC2)cc1. The van der Waals surface area contributed by atoms with Crippen molar-refractivity contribution in [3.8, 4) is 22.5 Å². The number of hydrogen-bond acceptors (Lipinski definition) is 5. The molecule has 1 N–H and O–H groups in total. The maximum absolute atomic E-state index is 11.2. The number of nitrogens with one attached hydrogen (secondary N) is 1. The Morgan fingerprint density at radius 2 is 1.65 bits per heavy atom. The molecule has 3 heterocycles. The molecule has 0 radical (unpaired) electrons. The number of nitro groups is 1. The van der Waals surface area contributed by atoms with E-state index in [1.165, 1.54) is 10.8 Å². The molecule has 168 valence electrons. The lowest BCUT2D eigenvalue weighted by atomic mass is 10.0. The monoisotopic (exact) mass is 449 g/mol. The van der Waals surface area contributed by atoms with E-state index in [1.807, 2.05) is 24.4 Å². The second-order valence-corrected chi connectivity index (χ2v) is 8.68. The Morgan fingerprint density at radius 3 is 2.41 bits per heavy atom. The zero-order chi connectivity index (χ0) is 23.1. The lowest BCUT2D eigenvalue weighted by Crippen LogP contribution is -2.29. The standard InChI is InChI=1S/C27H23N5O2/c33-32(34)23-9-7-19(8-10-23)26-30-25-24(21-6-5-18-3-1-2-4-20(18)17-21)13-16-29-27(25)31(26)22-11-14-28-15-12-22/h1-10,13,16-17,22,28H,11-12,14-15H2. The molecule has 0 unspecified atom stereocenters. The molecule has 7 heteroatoms. The van der Waals surface area contributed by atoms with Crippen molar-refractivity contribution in [2.45, 2.75) is 18.9 Å². The number of pyridine rings is 1. The minimum atomic E-state index is -0.376. The van der Waals surface area contributed by atoms with Crippen LogP contribution in [0.15, 0.2) is 79.0 Å². The molecule has 2 aromatic heterocycles. The third kappa shape index (κ3) is 3.50. The summed E-state index contributed by atoms with van der Waals surface area (Å²) in [4.78, 5) is 20.7. The second kappa shape index (κ2) is 8.35. The van der Waals surface area contributed by atoms with E-state index in [-0.39, 0.29) is 16.7 Å². The number of rotatable bonds is 4. The van der Waals surface area contributed by atoms with E-state index in [9.17, 15) is 10.1 Å². The number of nitro benzene ring substituents is 1. The maximum atomic E-state index is 11.2. The normalized spacial score (nSPS) is 14.6. The molecule has 0 spiro atoms. The van der Waals surface area contributed by atoms with Gasteiger partial charge in [0.05, 0.1) is 4.92 Å². The first kappa shape index (κ1) is 20.5. The predicted octanol–water partition coefficient (Wildman–Crippen LogP) is 5.75. The van der Waals surface area contributed by atoms with E-state index in [2.05, 4.69) is 40.2 Å². The summed E-state index contributed by atoms with van der Waals surface area (Å²) in [7, 11) is 0. The second-order valence-electron chi connectivity index (χ2n) is 8.68. The highest BCUT2D eigenvalue weighted by molar-refractivity contribution is 5.95. The Balaban J connectivity index is 1.56. The van der Waals surface area contributed by atoms with Crippen LogP contribution in [-0.2, 0) is 0 Å². The fourth-order valence-electron chi connectivity index (χ4n) is 4.93. The van der Waals surface area contributed by atoms with E-state index in [1.54, 1.807) is 24.3 Å². The van der Waals surface area contributed by atoms with Crippen molar-refractivity contribution >= 4 is 27.6 Å². The van der Waals surface area contributed by atoms with Gasteiger partial charge in [0.25, 0.3) is 5.69 Å². The van der Waals surface area contributed by atoms with E-state index >= 15 is 0 Å². The summed E-state index contributed by atoms with van der Waals surface area (Å²) in [6, 6.07) is 23.7. The summed E-state index contributed by atoms with van der Waals surface area (Å²) in [5.41, 5.74) is 4.76. The Morgan fingerprint density at radius 1 is 0.912 bits per heavy atom. The summed E-state index contributed by atoms with van der Waals surface area (Å²) in [5.74, 6) is 0.803. The molecule has 0 aliphatic carbocycles. The molecule has 1 aliphatic heterocycles. The molecule has 34 heavy (non-hydrogen) atoms. The zero-order valence-corrected chi connectivity index (χ0v) is 18.5. The fourth-order valence-corrected chi connectivity index (χ4v) is 4.93. The molecular weight excluding hydrogens is 426 g/mol. The van der Waals surface area contributed by atoms with Crippen molar-refractivity contribution in [1.82, 2.24) is 19.9 Å². The van der Waals surface area contributed by atoms with Crippen LogP contribution in [0.2, 0.25) is 0 Å². The van der Waals surface area contributed by atoms with Crippen LogP contribution in [-0.4, -0.2) is 32.5 Å². The summed E-state index contributed by atoms with van der Waals surface area (Å²) in [6.07, 6.45) is 3.81. The number of piperidine rings is 1. The van der Waals surface area contributed by atoms with Gasteiger partial charge in [-0.1, -0.05) is 36.4 Å². The van der Waals surface area contributed by atoms with Gasteiger partial charge in [-0.2, -0.15) is 0 Å². The van der Waals surface area contributed by atoms with Crippen molar-refractivity contribution in [1.29, 1.82) is 0 Å². The first-order valence-corrected chi connectivity index (χ1v) is 11.5. The van der Waals surface area contributed by atoms with Crippen LogP contribution in [0.25, 0.3) is 44.5 Å². The molecule has 0 atom stereocenters. The highest BCUT2D eigenvalue weighted by atomic mass is 16.6. The van der Waals surface area contributed by atoms with E-state index in [0.717, 1.165) is 59.6 Å². The van der Waals surface area contributed by atoms with Gasteiger partial charge in [0.1, 0.15) is 11.3 Å². The lowest BCUT2D eigenvalue weighted by Gasteiger charge is -2.26. The molecule has 7 nitrogen and oxygen atoms in total. The van der Waals surface area contributed by atoms with Crippen LogP contribution >= 0.6 is 0 Å². The molecule has 0 amide bonds. The third-order valence-corrected chi connectivity index (χ3v) is 6.65. The molecule has 1 fully saturated rings. The van der Waals surface area contributed by atoms with Crippen molar-refractivity contribution in [2.75, 3.05) is 13.1 Å². The Hall–Kier alpha value is -4.10. The predicted molar refractivity (Wildman–Crippen MR) is 134 cm³/mol. The van der Waals surface area contributed by atoms with Gasteiger partial charge >= 0.3 is 0 Å². The Kier molecular flexibility index (Phi) is 5.04. The van der Waals surface area contributed by atoms with Crippen LogP contribution in [0.5, 0.6) is 0 Å². The van der Waals surface area contributed by atoms with Crippen LogP contribution in [0, 0.1) is 10.1 Å². The molecule has 5 aromatic rings. The minimum absolute atomic E-state index is 0.0725. The van der Waals surface area contributed by atoms with E-state index < -0.39 is 0 Å². The molecule has 6 rings (SSSR count). The van der Waals surface area contributed by atoms with Gasteiger partial charge in [0, 0.05) is 35.5 Å². The largest absolute Gasteiger partial charge is 0.317 e. The molecule has 0 saturated carbocycles.